The normalized spacial score (nSPS) is 12.9. The molecule has 3 nitrogen and oxygen atoms in total. The standard InChI is InChI=1S/C16H18ClN3/c1-16(2,3)13-10-19-20(11-13)15(7-8-18)12-5-4-6-14(17)9-12/h4-6,9-11,15H,7H2,1-3H3. The van der Waals surface area contributed by atoms with Crippen LogP contribution in [-0.4, -0.2) is 9.78 Å². The quantitative estimate of drug-likeness (QED) is 0.843. The third kappa shape index (κ3) is 3.20. The molecule has 20 heavy (non-hydrogen) atoms. The van der Waals surface area contributed by atoms with E-state index in [-0.39, 0.29) is 11.5 Å². The summed E-state index contributed by atoms with van der Waals surface area (Å²) in [5.74, 6) is 0. The van der Waals surface area contributed by atoms with Gasteiger partial charge in [0.25, 0.3) is 0 Å². The Morgan fingerprint density at radius 2 is 2.15 bits per heavy atom. The van der Waals surface area contributed by atoms with E-state index in [4.69, 9.17) is 16.9 Å². The van der Waals surface area contributed by atoms with Gasteiger partial charge in [0, 0.05) is 11.2 Å². The van der Waals surface area contributed by atoms with Crippen LogP contribution in [-0.2, 0) is 5.41 Å². The van der Waals surface area contributed by atoms with E-state index >= 15 is 0 Å². The van der Waals surface area contributed by atoms with E-state index in [1.165, 1.54) is 0 Å². The summed E-state index contributed by atoms with van der Waals surface area (Å²) in [6, 6.07) is 9.73. The summed E-state index contributed by atoms with van der Waals surface area (Å²) in [4.78, 5) is 0. The van der Waals surface area contributed by atoms with Crippen molar-refractivity contribution < 1.29 is 0 Å². The van der Waals surface area contributed by atoms with Crippen molar-refractivity contribution in [2.24, 2.45) is 0 Å². The molecule has 4 heteroatoms. The zero-order valence-corrected chi connectivity index (χ0v) is 12.7. The molecule has 0 N–H and O–H groups in total. The minimum Gasteiger partial charge on any atom is -0.264 e. The first-order chi connectivity index (χ1) is 9.41. The van der Waals surface area contributed by atoms with Crippen molar-refractivity contribution >= 4 is 11.6 Å². The van der Waals surface area contributed by atoms with Crippen LogP contribution in [0.15, 0.2) is 36.7 Å². The lowest BCUT2D eigenvalue weighted by Gasteiger charge is -2.17. The third-order valence-electron chi connectivity index (χ3n) is 3.30. The van der Waals surface area contributed by atoms with Crippen molar-refractivity contribution in [1.82, 2.24) is 9.78 Å². The first kappa shape index (κ1) is 14.6. The highest BCUT2D eigenvalue weighted by Gasteiger charge is 2.20. The predicted molar refractivity (Wildman–Crippen MR) is 80.7 cm³/mol. The lowest BCUT2D eigenvalue weighted by atomic mass is 9.90. The number of nitriles is 1. The summed E-state index contributed by atoms with van der Waals surface area (Å²) in [6.45, 7) is 6.44. The molecule has 0 spiro atoms. The van der Waals surface area contributed by atoms with Gasteiger partial charge in [-0.05, 0) is 28.7 Å². The minimum atomic E-state index is -0.102. The van der Waals surface area contributed by atoms with Crippen LogP contribution in [0.4, 0.5) is 0 Å². The van der Waals surface area contributed by atoms with E-state index in [1.807, 2.05) is 41.3 Å². The Labute approximate surface area is 124 Å². The number of rotatable bonds is 3. The van der Waals surface area contributed by atoms with Crippen LogP contribution < -0.4 is 0 Å². The molecular weight excluding hydrogens is 270 g/mol. The van der Waals surface area contributed by atoms with E-state index in [2.05, 4.69) is 31.9 Å². The second kappa shape index (κ2) is 5.68. The van der Waals surface area contributed by atoms with Crippen LogP contribution in [0.5, 0.6) is 0 Å². The first-order valence-corrected chi connectivity index (χ1v) is 6.96. The van der Waals surface area contributed by atoms with Gasteiger partial charge in [0.2, 0.25) is 0 Å². The van der Waals surface area contributed by atoms with Gasteiger partial charge in [0.1, 0.15) is 0 Å². The smallest absolute Gasteiger partial charge is 0.0898 e. The maximum Gasteiger partial charge on any atom is 0.0898 e. The fourth-order valence-electron chi connectivity index (χ4n) is 2.06. The molecule has 1 atom stereocenters. The Morgan fingerprint density at radius 3 is 2.70 bits per heavy atom. The zero-order chi connectivity index (χ0) is 14.8. The minimum absolute atomic E-state index is 0.0454. The number of halogens is 1. The van der Waals surface area contributed by atoms with Gasteiger partial charge in [-0.3, -0.25) is 4.68 Å². The Morgan fingerprint density at radius 1 is 1.40 bits per heavy atom. The maximum absolute atomic E-state index is 9.07. The highest BCUT2D eigenvalue weighted by Crippen LogP contribution is 2.27. The Hall–Kier alpha value is -1.79. The molecule has 1 heterocycles. The fourth-order valence-corrected chi connectivity index (χ4v) is 2.26. The van der Waals surface area contributed by atoms with Crippen LogP contribution in [0, 0.1) is 11.3 Å². The van der Waals surface area contributed by atoms with Gasteiger partial charge in [-0.15, -0.1) is 0 Å². The number of hydrogen-bond acceptors (Lipinski definition) is 2. The molecule has 2 aromatic rings. The van der Waals surface area contributed by atoms with Crippen LogP contribution in [0.25, 0.3) is 0 Å². The summed E-state index contributed by atoms with van der Waals surface area (Å²) in [7, 11) is 0. The molecule has 0 saturated carbocycles. The maximum atomic E-state index is 9.07. The van der Waals surface area contributed by atoms with Crippen molar-refractivity contribution in [2.45, 2.75) is 38.6 Å². The lowest BCUT2D eigenvalue weighted by Crippen LogP contribution is -2.12. The molecule has 0 bridgehead atoms. The van der Waals surface area contributed by atoms with E-state index in [9.17, 15) is 0 Å². The van der Waals surface area contributed by atoms with Crippen LogP contribution in [0.3, 0.4) is 0 Å². The number of benzene rings is 1. The summed E-state index contributed by atoms with van der Waals surface area (Å²) >= 11 is 6.04. The molecule has 0 fully saturated rings. The van der Waals surface area contributed by atoms with Gasteiger partial charge in [0.05, 0.1) is 24.7 Å². The molecule has 2 rings (SSSR count). The van der Waals surface area contributed by atoms with Crippen LogP contribution in [0.1, 0.15) is 44.4 Å². The summed E-state index contributed by atoms with van der Waals surface area (Å²) in [6.07, 6.45) is 4.25. The van der Waals surface area contributed by atoms with Crippen LogP contribution in [0.2, 0.25) is 5.02 Å². The average Bonchev–Trinajstić information content (AvgIpc) is 2.85. The van der Waals surface area contributed by atoms with Crippen LogP contribution >= 0.6 is 11.6 Å². The fraction of sp³-hybridized carbons (Fsp3) is 0.375. The molecule has 0 saturated heterocycles. The second-order valence-electron chi connectivity index (χ2n) is 5.89. The zero-order valence-electron chi connectivity index (χ0n) is 12.0. The molecule has 1 aromatic heterocycles. The van der Waals surface area contributed by atoms with Gasteiger partial charge < -0.3 is 0 Å². The molecule has 0 aliphatic carbocycles. The van der Waals surface area contributed by atoms with Crippen molar-refractivity contribution in [3.8, 4) is 6.07 Å². The van der Waals surface area contributed by atoms with E-state index in [1.54, 1.807) is 0 Å². The third-order valence-corrected chi connectivity index (χ3v) is 3.54. The summed E-state index contributed by atoms with van der Waals surface area (Å²) in [5, 5.41) is 14.2. The average molecular weight is 288 g/mol. The van der Waals surface area contributed by atoms with E-state index in [0.29, 0.717) is 11.4 Å². The van der Waals surface area contributed by atoms with Gasteiger partial charge in [-0.25, -0.2) is 0 Å². The monoisotopic (exact) mass is 287 g/mol. The number of aromatic nitrogens is 2. The topological polar surface area (TPSA) is 41.6 Å². The van der Waals surface area contributed by atoms with Crippen molar-refractivity contribution in [2.75, 3.05) is 0 Å². The molecule has 0 radical (unpaired) electrons. The number of hydrogen-bond donors (Lipinski definition) is 0. The van der Waals surface area contributed by atoms with Crippen molar-refractivity contribution in [3.63, 3.8) is 0 Å². The summed E-state index contributed by atoms with van der Waals surface area (Å²) < 4.78 is 1.86. The van der Waals surface area contributed by atoms with Gasteiger partial charge in [-0.2, -0.15) is 10.4 Å². The first-order valence-electron chi connectivity index (χ1n) is 6.59. The van der Waals surface area contributed by atoms with E-state index in [0.717, 1.165) is 11.1 Å². The van der Waals surface area contributed by atoms with Crippen molar-refractivity contribution in [1.29, 1.82) is 5.26 Å². The van der Waals surface area contributed by atoms with Gasteiger partial charge in [0.15, 0.2) is 0 Å². The lowest BCUT2D eigenvalue weighted by molar-refractivity contribution is 0.528. The van der Waals surface area contributed by atoms with E-state index < -0.39 is 0 Å². The highest BCUT2D eigenvalue weighted by molar-refractivity contribution is 6.30. The van der Waals surface area contributed by atoms with Crippen molar-refractivity contribution in [3.05, 3.63) is 52.8 Å². The molecule has 0 aliphatic rings. The molecule has 1 aromatic carbocycles. The van der Waals surface area contributed by atoms with Gasteiger partial charge in [-0.1, -0.05) is 44.5 Å². The predicted octanol–water partition coefficient (Wildman–Crippen LogP) is 4.34. The largest absolute Gasteiger partial charge is 0.264 e. The Balaban J connectivity index is 2.39. The number of nitrogens with zero attached hydrogens (tertiary/aromatic N) is 3. The summed E-state index contributed by atoms with van der Waals surface area (Å²) in [5.41, 5.74) is 2.20. The Kier molecular flexibility index (Phi) is 4.15. The van der Waals surface area contributed by atoms with Gasteiger partial charge >= 0.3 is 0 Å². The molecule has 104 valence electrons. The molecule has 0 amide bonds. The highest BCUT2D eigenvalue weighted by atomic mass is 35.5. The molecule has 1 unspecified atom stereocenters. The molecule has 0 aliphatic heterocycles. The molecular formula is C16H18ClN3. The SMILES string of the molecule is CC(C)(C)c1cnn(C(CC#N)c2cccc(Cl)c2)c1. The second-order valence-corrected chi connectivity index (χ2v) is 6.33. The Bertz CT molecular complexity index is 632.